The van der Waals surface area contributed by atoms with E-state index >= 15 is 0 Å². The summed E-state index contributed by atoms with van der Waals surface area (Å²) in [5.41, 5.74) is 1.23. The van der Waals surface area contributed by atoms with Crippen LogP contribution in [-0.2, 0) is 16.1 Å². The monoisotopic (exact) mass is 447 g/mol. The van der Waals surface area contributed by atoms with E-state index < -0.39 is 0 Å². The predicted octanol–water partition coefficient (Wildman–Crippen LogP) is 3.48. The molecule has 0 aliphatic heterocycles. The molecule has 0 unspecified atom stereocenters. The lowest BCUT2D eigenvalue weighted by atomic mass is 10.1. The molecule has 0 spiro atoms. The number of carbonyl (C=O) groups is 1. The largest absolute Gasteiger partial charge is 0.466 e. The molecule has 6 heteroatoms. The number of benzene rings is 1. The van der Waals surface area contributed by atoms with Crippen LogP contribution in [0.25, 0.3) is 0 Å². The molecule has 0 aliphatic rings. The van der Waals surface area contributed by atoms with Crippen molar-refractivity contribution in [2.75, 3.05) is 20.2 Å². The number of hydrogen-bond acceptors (Lipinski definition) is 3. The molecule has 0 heterocycles. The van der Waals surface area contributed by atoms with Crippen molar-refractivity contribution in [3.8, 4) is 0 Å². The Labute approximate surface area is 162 Å². The van der Waals surface area contributed by atoms with Gasteiger partial charge in [-0.3, -0.25) is 9.79 Å². The van der Waals surface area contributed by atoms with E-state index in [2.05, 4.69) is 27.8 Å². The molecule has 0 fully saturated rings. The second-order valence-electron chi connectivity index (χ2n) is 5.31. The van der Waals surface area contributed by atoms with Gasteiger partial charge < -0.3 is 15.4 Å². The van der Waals surface area contributed by atoms with Crippen molar-refractivity contribution < 1.29 is 9.53 Å². The summed E-state index contributed by atoms with van der Waals surface area (Å²) < 4.78 is 4.90. The van der Waals surface area contributed by atoms with Gasteiger partial charge in [-0.15, -0.1) is 24.0 Å². The lowest BCUT2D eigenvalue weighted by molar-refractivity contribution is -0.143. The van der Waals surface area contributed by atoms with Crippen LogP contribution in [0.3, 0.4) is 0 Å². The fraction of sp³-hybridized carbons (Fsp3) is 0.556. The molecule has 24 heavy (non-hydrogen) atoms. The second-order valence-corrected chi connectivity index (χ2v) is 5.31. The van der Waals surface area contributed by atoms with Crippen LogP contribution in [0.2, 0.25) is 0 Å². The van der Waals surface area contributed by atoms with Crippen LogP contribution in [0.5, 0.6) is 0 Å². The molecule has 0 bridgehead atoms. The van der Waals surface area contributed by atoms with Crippen LogP contribution in [-0.4, -0.2) is 32.1 Å². The highest BCUT2D eigenvalue weighted by molar-refractivity contribution is 14.0. The Kier molecular flexibility index (Phi) is 14.4. The summed E-state index contributed by atoms with van der Waals surface area (Å²) in [6.07, 6.45) is 4.65. The van der Waals surface area contributed by atoms with Gasteiger partial charge in [0.2, 0.25) is 0 Å². The minimum atomic E-state index is -0.0869. The third-order valence-electron chi connectivity index (χ3n) is 3.43. The fourth-order valence-electron chi connectivity index (χ4n) is 2.19. The van der Waals surface area contributed by atoms with E-state index in [0.29, 0.717) is 13.0 Å². The summed E-state index contributed by atoms with van der Waals surface area (Å²) in [5, 5.41) is 6.60. The number of nitrogens with one attached hydrogen (secondary N) is 2. The normalized spacial score (nSPS) is 10.7. The number of esters is 1. The highest BCUT2D eigenvalue weighted by Gasteiger charge is 2.01. The number of guanidine groups is 1. The van der Waals surface area contributed by atoms with Crippen LogP contribution in [0.1, 0.15) is 44.6 Å². The minimum Gasteiger partial charge on any atom is -0.466 e. The predicted molar refractivity (Wildman–Crippen MR) is 110 cm³/mol. The molecule has 0 saturated carbocycles. The number of aliphatic imine (C=N–C) groups is 1. The van der Waals surface area contributed by atoms with Gasteiger partial charge in [-0.05, 0) is 25.3 Å². The summed E-state index contributed by atoms with van der Waals surface area (Å²) in [6, 6.07) is 10.2. The van der Waals surface area contributed by atoms with Crippen molar-refractivity contribution in [2.45, 2.75) is 45.6 Å². The average Bonchev–Trinajstić information content (AvgIpc) is 2.58. The van der Waals surface area contributed by atoms with Crippen molar-refractivity contribution in [3.63, 3.8) is 0 Å². The molecule has 5 nitrogen and oxygen atoms in total. The van der Waals surface area contributed by atoms with E-state index in [0.717, 1.165) is 44.7 Å². The zero-order valence-electron chi connectivity index (χ0n) is 14.7. The molecule has 0 atom stereocenters. The summed E-state index contributed by atoms with van der Waals surface area (Å²) in [4.78, 5) is 15.4. The maximum Gasteiger partial charge on any atom is 0.305 e. The Morgan fingerprint density at radius 3 is 2.46 bits per heavy atom. The van der Waals surface area contributed by atoms with Gasteiger partial charge in [-0.25, -0.2) is 0 Å². The summed E-state index contributed by atoms with van der Waals surface area (Å²) >= 11 is 0. The van der Waals surface area contributed by atoms with Crippen LogP contribution in [0, 0.1) is 0 Å². The maximum absolute atomic E-state index is 11.2. The zero-order valence-corrected chi connectivity index (χ0v) is 17.0. The smallest absolute Gasteiger partial charge is 0.305 e. The first kappa shape index (κ1) is 22.7. The van der Waals surface area contributed by atoms with E-state index in [-0.39, 0.29) is 29.9 Å². The molecule has 0 saturated heterocycles. The van der Waals surface area contributed by atoms with E-state index in [4.69, 9.17) is 4.74 Å². The molecular weight excluding hydrogens is 417 g/mol. The number of nitrogens with zero attached hydrogens (tertiary/aromatic N) is 1. The summed E-state index contributed by atoms with van der Waals surface area (Å²) in [7, 11) is 1.78. The van der Waals surface area contributed by atoms with Crippen molar-refractivity contribution >= 4 is 35.9 Å². The molecule has 1 rings (SSSR count). The Balaban J connectivity index is 0.00000529. The van der Waals surface area contributed by atoms with Gasteiger partial charge in [0.25, 0.3) is 0 Å². The van der Waals surface area contributed by atoms with Crippen molar-refractivity contribution in [1.29, 1.82) is 0 Å². The van der Waals surface area contributed by atoms with Crippen molar-refractivity contribution in [1.82, 2.24) is 10.6 Å². The van der Waals surface area contributed by atoms with Crippen molar-refractivity contribution in [2.24, 2.45) is 4.99 Å². The van der Waals surface area contributed by atoms with Gasteiger partial charge in [0.05, 0.1) is 6.61 Å². The molecule has 0 aromatic heterocycles. The first-order chi connectivity index (χ1) is 11.3. The lowest BCUT2D eigenvalue weighted by Gasteiger charge is -2.11. The standard InChI is InChI=1S/C18H29N3O2.HI/c1-3-23-17(22)13-9-4-5-10-14-20-18(19-2)21-15-16-11-7-6-8-12-16;/h6-8,11-12H,3-5,9-10,13-15H2,1-2H3,(H2,19,20,21);1H. The van der Waals surface area contributed by atoms with Gasteiger partial charge in [-0.2, -0.15) is 0 Å². The van der Waals surface area contributed by atoms with E-state index in [1.54, 1.807) is 7.05 Å². The Morgan fingerprint density at radius 2 is 1.79 bits per heavy atom. The van der Waals surface area contributed by atoms with E-state index in [1.807, 2.05) is 25.1 Å². The van der Waals surface area contributed by atoms with Gasteiger partial charge in [0.1, 0.15) is 0 Å². The maximum atomic E-state index is 11.2. The van der Waals surface area contributed by atoms with Gasteiger partial charge in [-0.1, -0.05) is 43.2 Å². The van der Waals surface area contributed by atoms with Crippen molar-refractivity contribution in [3.05, 3.63) is 35.9 Å². The zero-order chi connectivity index (χ0) is 16.8. The Morgan fingerprint density at radius 1 is 1.08 bits per heavy atom. The van der Waals surface area contributed by atoms with Gasteiger partial charge in [0, 0.05) is 26.6 Å². The summed E-state index contributed by atoms with van der Waals surface area (Å²) in [5.74, 6) is 0.733. The van der Waals surface area contributed by atoms with Crippen LogP contribution < -0.4 is 10.6 Å². The molecule has 0 aliphatic carbocycles. The number of hydrogen-bond donors (Lipinski definition) is 2. The molecular formula is C18H30IN3O2. The third kappa shape index (κ3) is 11.3. The Bertz CT molecular complexity index is 467. The molecule has 0 radical (unpaired) electrons. The fourth-order valence-corrected chi connectivity index (χ4v) is 2.19. The van der Waals surface area contributed by atoms with Crippen LogP contribution >= 0.6 is 24.0 Å². The molecule has 1 aromatic carbocycles. The number of rotatable bonds is 10. The molecule has 1 aromatic rings. The first-order valence-electron chi connectivity index (χ1n) is 8.40. The van der Waals surface area contributed by atoms with E-state index in [1.165, 1.54) is 5.56 Å². The average molecular weight is 447 g/mol. The van der Waals surface area contributed by atoms with Gasteiger partial charge in [0.15, 0.2) is 5.96 Å². The molecule has 136 valence electrons. The summed E-state index contributed by atoms with van der Waals surface area (Å²) in [6.45, 7) is 3.95. The number of halogens is 1. The quantitative estimate of drug-likeness (QED) is 0.190. The number of unbranched alkanes of at least 4 members (excludes halogenated alkanes) is 3. The van der Waals surface area contributed by atoms with Gasteiger partial charge >= 0.3 is 5.97 Å². The first-order valence-corrected chi connectivity index (χ1v) is 8.40. The molecule has 2 N–H and O–H groups in total. The van der Waals surface area contributed by atoms with E-state index in [9.17, 15) is 4.79 Å². The third-order valence-corrected chi connectivity index (χ3v) is 3.43. The topological polar surface area (TPSA) is 62.7 Å². The highest BCUT2D eigenvalue weighted by atomic mass is 127. The molecule has 0 amide bonds. The Hall–Kier alpha value is -1.31. The van der Waals surface area contributed by atoms with Crippen LogP contribution in [0.4, 0.5) is 0 Å². The minimum absolute atomic E-state index is 0. The number of carbonyl (C=O) groups excluding carboxylic acids is 1. The highest BCUT2D eigenvalue weighted by Crippen LogP contribution is 2.03. The van der Waals surface area contributed by atoms with Crippen LogP contribution in [0.15, 0.2) is 35.3 Å². The SMILES string of the molecule is CCOC(=O)CCCCCCNC(=NC)NCc1ccccc1.I. The second kappa shape index (κ2) is 15.2. The number of ether oxygens (including phenoxy) is 1. The lowest BCUT2D eigenvalue weighted by Crippen LogP contribution is -2.37.